The third kappa shape index (κ3) is 5.24. The van der Waals surface area contributed by atoms with Gasteiger partial charge in [0.25, 0.3) is 0 Å². The molecular weight excluding hydrogens is 405 g/mol. The predicted molar refractivity (Wildman–Crippen MR) is 125 cm³/mol. The van der Waals surface area contributed by atoms with Crippen LogP contribution in [0.5, 0.6) is 5.88 Å². The van der Waals surface area contributed by atoms with Crippen molar-refractivity contribution in [3.8, 4) is 5.88 Å². The van der Waals surface area contributed by atoms with Crippen molar-refractivity contribution in [2.45, 2.75) is 83.6 Å². The van der Waals surface area contributed by atoms with Crippen LogP contribution in [0.3, 0.4) is 0 Å². The van der Waals surface area contributed by atoms with E-state index in [-0.39, 0.29) is 28.9 Å². The molecule has 1 aromatic heterocycles. The molecule has 1 aliphatic carbocycles. The van der Waals surface area contributed by atoms with Gasteiger partial charge in [-0.25, -0.2) is 9.37 Å². The summed E-state index contributed by atoms with van der Waals surface area (Å²) >= 11 is 0. The van der Waals surface area contributed by atoms with Crippen LogP contribution >= 0.6 is 0 Å². The smallest absolute Gasteiger partial charge is 0.218 e. The van der Waals surface area contributed by atoms with Crippen LogP contribution in [0.25, 0.3) is 0 Å². The molecule has 4 rings (SSSR count). The molecule has 174 valence electrons. The van der Waals surface area contributed by atoms with E-state index < -0.39 is 6.10 Å². The number of nitrogens with one attached hydrogen (secondary N) is 2. The van der Waals surface area contributed by atoms with Crippen LogP contribution < -0.4 is 15.4 Å². The van der Waals surface area contributed by atoms with Crippen molar-refractivity contribution in [2.24, 2.45) is 5.41 Å². The van der Waals surface area contributed by atoms with Gasteiger partial charge in [-0.05, 0) is 61.8 Å². The summed E-state index contributed by atoms with van der Waals surface area (Å²) in [7, 11) is 0. The number of pyridine rings is 1. The van der Waals surface area contributed by atoms with Crippen LogP contribution in [0.4, 0.5) is 10.1 Å². The van der Waals surface area contributed by atoms with Gasteiger partial charge in [0.2, 0.25) is 5.88 Å². The van der Waals surface area contributed by atoms with E-state index in [0.717, 1.165) is 37.1 Å². The largest absolute Gasteiger partial charge is 0.471 e. The van der Waals surface area contributed by atoms with Crippen molar-refractivity contribution in [3.63, 3.8) is 0 Å². The number of hydrogen-bond acceptors (Lipinski definition) is 5. The lowest BCUT2D eigenvalue weighted by Gasteiger charge is -2.47. The summed E-state index contributed by atoms with van der Waals surface area (Å²) < 4.78 is 20.3. The van der Waals surface area contributed by atoms with Gasteiger partial charge in [-0.15, -0.1) is 0 Å². The molecule has 2 unspecified atom stereocenters. The lowest BCUT2D eigenvalue weighted by atomic mass is 9.73. The third-order valence-corrected chi connectivity index (χ3v) is 6.61. The molecule has 0 amide bonds. The highest BCUT2D eigenvalue weighted by Gasteiger charge is 2.46. The maximum absolute atomic E-state index is 14.0. The molecule has 32 heavy (non-hydrogen) atoms. The molecule has 1 aliphatic heterocycles. The number of nitrogens with zero attached hydrogens (tertiary/aromatic N) is 1. The first-order chi connectivity index (χ1) is 15.1. The molecule has 1 saturated carbocycles. The summed E-state index contributed by atoms with van der Waals surface area (Å²) in [6.07, 6.45) is 6.35. The minimum Gasteiger partial charge on any atom is -0.471 e. The zero-order chi connectivity index (χ0) is 22.9. The average Bonchev–Trinajstić information content (AvgIpc) is 2.71. The average molecular weight is 442 g/mol. The van der Waals surface area contributed by atoms with Crippen LogP contribution in [0.15, 0.2) is 36.5 Å². The van der Waals surface area contributed by atoms with E-state index in [1.807, 2.05) is 13.1 Å². The van der Waals surface area contributed by atoms with E-state index in [4.69, 9.17) is 4.74 Å². The van der Waals surface area contributed by atoms with Crippen molar-refractivity contribution < 1.29 is 14.2 Å². The Hall–Kier alpha value is -2.18. The molecule has 0 bridgehead atoms. The van der Waals surface area contributed by atoms with E-state index in [9.17, 15) is 9.50 Å². The monoisotopic (exact) mass is 441 g/mol. The molecule has 3 atom stereocenters. The Morgan fingerprint density at radius 1 is 1.28 bits per heavy atom. The molecule has 2 heterocycles. The summed E-state index contributed by atoms with van der Waals surface area (Å²) in [5, 5.41) is 17.4. The first kappa shape index (κ1) is 23.0. The quantitative estimate of drug-likeness (QED) is 0.564. The van der Waals surface area contributed by atoms with Gasteiger partial charge in [-0.1, -0.05) is 32.9 Å². The molecule has 1 fully saturated rings. The Labute approximate surface area is 190 Å². The zero-order valence-electron chi connectivity index (χ0n) is 19.6. The highest BCUT2D eigenvalue weighted by atomic mass is 19.1. The molecule has 2 aliphatic rings. The summed E-state index contributed by atoms with van der Waals surface area (Å²) in [4.78, 5) is 4.68. The summed E-state index contributed by atoms with van der Waals surface area (Å²) in [6, 6.07) is 8.52. The van der Waals surface area contributed by atoms with Gasteiger partial charge in [0, 0.05) is 30.8 Å². The Balaban J connectivity index is 1.46. The molecule has 1 aromatic carbocycles. The van der Waals surface area contributed by atoms with Crippen LogP contribution in [0.2, 0.25) is 0 Å². The van der Waals surface area contributed by atoms with E-state index >= 15 is 0 Å². The van der Waals surface area contributed by atoms with Crippen molar-refractivity contribution in [2.75, 3.05) is 11.9 Å². The Kier molecular flexibility index (Phi) is 6.46. The fourth-order valence-electron chi connectivity index (χ4n) is 4.71. The number of halogens is 1. The van der Waals surface area contributed by atoms with Gasteiger partial charge in [0.15, 0.2) is 0 Å². The standard InChI is InChI=1S/C26H36FN3O2/c1-17(30-21-9-6-5-8-20(21)27)23(31)16-28-22-14-26(10-7-11-26)32-24-19(22)12-18(15-29-24)13-25(2,3)4/h5-6,8-9,12,15,17,22-23,28,30-31H,7,10-11,13-14,16H2,1-4H3/t17?,22-,23?/m0/s1. The van der Waals surface area contributed by atoms with Gasteiger partial charge in [0.05, 0.1) is 17.8 Å². The number of para-hydroxylation sites is 1. The number of aromatic nitrogens is 1. The Morgan fingerprint density at radius 2 is 2.03 bits per heavy atom. The minimum absolute atomic E-state index is 0.0711. The van der Waals surface area contributed by atoms with E-state index in [0.29, 0.717) is 12.2 Å². The van der Waals surface area contributed by atoms with E-state index in [1.54, 1.807) is 18.2 Å². The van der Waals surface area contributed by atoms with Crippen molar-refractivity contribution in [1.82, 2.24) is 10.3 Å². The fourth-order valence-corrected chi connectivity index (χ4v) is 4.71. The number of aliphatic hydroxyl groups excluding tert-OH is 1. The maximum atomic E-state index is 14.0. The van der Waals surface area contributed by atoms with Crippen LogP contribution in [-0.4, -0.2) is 34.4 Å². The number of aliphatic hydroxyl groups is 1. The molecule has 0 radical (unpaired) electrons. The van der Waals surface area contributed by atoms with Gasteiger partial charge in [-0.2, -0.15) is 0 Å². The van der Waals surface area contributed by atoms with Gasteiger partial charge < -0.3 is 20.5 Å². The van der Waals surface area contributed by atoms with Crippen LogP contribution in [-0.2, 0) is 6.42 Å². The van der Waals surface area contributed by atoms with E-state index in [1.165, 1.54) is 18.1 Å². The zero-order valence-corrected chi connectivity index (χ0v) is 19.6. The van der Waals surface area contributed by atoms with Gasteiger partial charge in [-0.3, -0.25) is 0 Å². The van der Waals surface area contributed by atoms with Crippen LogP contribution in [0, 0.1) is 11.2 Å². The first-order valence-corrected chi connectivity index (χ1v) is 11.7. The number of anilines is 1. The number of benzene rings is 1. The molecule has 2 aromatic rings. The molecule has 3 N–H and O–H groups in total. The topological polar surface area (TPSA) is 66.4 Å². The van der Waals surface area contributed by atoms with Crippen molar-refractivity contribution in [1.29, 1.82) is 0 Å². The molecular formula is C26H36FN3O2. The summed E-state index contributed by atoms with van der Waals surface area (Å²) in [5.41, 5.74) is 2.72. The number of ether oxygens (including phenoxy) is 1. The molecule has 1 spiro atoms. The highest BCUT2D eigenvalue weighted by Crippen LogP contribution is 2.48. The highest BCUT2D eigenvalue weighted by molar-refractivity contribution is 5.45. The summed E-state index contributed by atoms with van der Waals surface area (Å²) in [5.74, 6) is 0.403. The Morgan fingerprint density at radius 3 is 2.69 bits per heavy atom. The SMILES string of the molecule is CC(Nc1ccccc1F)C(O)CN[C@H]1CC2(CCC2)Oc2ncc(CC(C)(C)C)cc21. The minimum atomic E-state index is -0.677. The first-order valence-electron chi connectivity index (χ1n) is 11.7. The van der Waals surface area contributed by atoms with Gasteiger partial charge >= 0.3 is 0 Å². The predicted octanol–water partition coefficient (Wildman–Crippen LogP) is 5.01. The lowest BCUT2D eigenvalue weighted by Crippen LogP contribution is -2.50. The number of rotatable bonds is 7. The normalized spacial score (nSPS) is 21.2. The maximum Gasteiger partial charge on any atom is 0.218 e. The second kappa shape index (κ2) is 8.99. The second-order valence-corrected chi connectivity index (χ2v) is 10.8. The molecule has 5 nitrogen and oxygen atoms in total. The molecule has 6 heteroatoms. The van der Waals surface area contributed by atoms with Crippen LogP contribution in [0.1, 0.15) is 70.5 Å². The summed E-state index contributed by atoms with van der Waals surface area (Å²) in [6.45, 7) is 8.94. The fraction of sp³-hybridized carbons (Fsp3) is 0.577. The number of fused-ring (bicyclic) bond motifs is 1. The second-order valence-electron chi connectivity index (χ2n) is 10.8. The number of hydrogen-bond donors (Lipinski definition) is 3. The molecule has 0 saturated heterocycles. The van der Waals surface area contributed by atoms with Crippen molar-refractivity contribution >= 4 is 5.69 Å². The van der Waals surface area contributed by atoms with Crippen molar-refractivity contribution in [3.05, 3.63) is 53.5 Å². The Bertz CT molecular complexity index is 939. The third-order valence-electron chi connectivity index (χ3n) is 6.61. The lowest BCUT2D eigenvalue weighted by molar-refractivity contribution is -0.0419. The van der Waals surface area contributed by atoms with E-state index in [2.05, 4.69) is 42.5 Å². The van der Waals surface area contributed by atoms with Gasteiger partial charge in [0.1, 0.15) is 11.4 Å².